The highest BCUT2D eigenvalue weighted by atomic mass is 79.9. The third-order valence-corrected chi connectivity index (χ3v) is 1.67. The molecule has 0 N–H and O–H groups in total. The van der Waals surface area contributed by atoms with Crippen LogP contribution in [0.2, 0.25) is 0 Å². The van der Waals surface area contributed by atoms with E-state index in [4.69, 9.17) is 0 Å². The Balaban J connectivity index is 2.82. The number of hydrogen-bond donors (Lipinski definition) is 1. The van der Waals surface area contributed by atoms with Gasteiger partial charge in [-0.2, -0.15) is 12.6 Å². The lowest BCUT2D eigenvalue weighted by Crippen LogP contribution is -1.77. The van der Waals surface area contributed by atoms with Gasteiger partial charge in [-0.25, -0.2) is 4.98 Å². The van der Waals surface area contributed by atoms with Crippen molar-refractivity contribution in [3.05, 3.63) is 28.5 Å². The minimum absolute atomic E-state index is 0.579. The summed E-state index contributed by atoms with van der Waals surface area (Å²) in [5, 5.41) is 0. The summed E-state index contributed by atoms with van der Waals surface area (Å²) in [4.78, 5) is 4.02. The van der Waals surface area contributed by atoms with Gasteiger partial charge in [0.1, 0.15) is 4.60 Å². The van der Waals surface area contributed by atoms with Crippen LogP contribution in [0.4, 0.5) is 0 Å². The monoisotopic (exact) mass is 227 g/mol. The molecule has 0 aliphatic rings. The third kappa shape index (κ3) is 2.96. The highest BCUT2D eigenvalue weighted by Crippen LogP contribution is 2.04. The van der Waals surface area contributed by atoms with Gasteiger partial charge in [0, 0.05) is 11.8 Å². The largest absolute Gasteiger partial charge is 0.248 e. The summed E-state index contributed by atoms with van der Waals surface area (Å²) in [6, 6.07) is 3.77. The number of hydrogen-bond acceptors (Lipinski definition) is 2. The van der Waals surface area contributed by atoms with Gasteiger partial charge in [0.25, 0.3) is 0 Å². The topological polar surface area (TPSA) is 12.9 Å². The van der Waals surface area contributed by atoms with E-state index in [1.54, 1.807) is 6.20 Å². The van der Waals surface area contributed by atoms with E-state index in [1.807, 2.05) is 12.1 Å². The van der Waals surface area contributed by atoms with Crippen LogP contribution in [0.15, 0.2) is 22.9 Å². The van der Waals surface area contributed by atoms with Crippen LogP contribution in [0.5, 0.6) is 0 Å². The fourth-order valence-corrected chi connectivity index (χ4v) is 0.905. The van der Waals surface area contributed by atoms with Crippen LogP contribution < -0.4 is 0 Å². The SMILES string of the molecule is SCC#Cc1ccc(Br)nc1. The molecule has 11 heavy (non-hydrogen) atoms. The molecular weight excluding hydrogens is 222 g/mol. The van der Waals surface area contributed by atoms with Crippen molar-refractivity contribution in [3.8, 4) is 11.8 Å². The summed E-state index contributed by atoms with van der Waals surface area (Å²) < 4.78 is 0.828. The van der Waals surface area contributed by atoms with E-state index >= 15 is 0 Å². The predicted molar refractivity (Wildman–Crippen MR) is 52.7 cm³/mol. The summed E-state index contributed by atoms with van der Waals surface area (Å²) >= 11 is 7.21. The molecule has 1 rings (SSSR count). The number of nitrogens with zero attached hydrogens (tertiary/aromatic N) is 1. The number of thiol groups is 1. The highest BCUT2D eigenvalue weighted by Gasteiger charge is 1.86. The summed E-state index contributed by atoms with van der Waals surface area (Å²) in [5.41, 5.74) is 0.919. The summed E-state index contributed by atoms with van der Waals surface area (Å²) in [6.45, 7) is 0. The molecule has 1 aromatic heterocycles. The van der Waals surface area contributed by atoms with Gasteiger partial charge in [-0.3, -0.25) is 0 Å². The lowest BCUT2D eigenvalue weighted by atomic mass is 10.3. The maximum atomic E-state index is 4.02. The van der Waals surface area contributed by atoms with E-state index in [0.717, 1.165) is 10.2 Å². The second-order valence-corrected chi connectivity index (χ2v) is 2.96. The van der Waals surface area contributed by atoms with Crippen molar-refractivity contribution in [2.45, 2.75) is 0 Å². The minimum Gasteiger partial charge on any atom is -0.248 e. The first-order valence-corrected chi connectivity index (χ1v) is 4.47. The molecule has 0 saturated carbocycles. The maximum absolute atomic E-state index is 4.02. The quantitative estimate of drug-likeness (QED) is 0.407. The molecule has 56 valence electrons. The Morgan fingerprint density at radius 1 is 1.55 bits per heavy atom. The number of rotatable bonds is 0. The van der Waals surface area contributed by atoms with Crippen molar-refractivity contribution in [2.75, 3.05) is 5.75 Å². The first kappa shape index (κ1) is 8.63. The molecule has 0 aliphatic heterocycles. The van der Waals surface area contributed by atoms with Crippen LogP contribution in [0.3, 0.4) is 0 Å². The molecule has 0 atom stereocenters. The summed E-state index contributed by atoms with van der Waals surface area (Å²) in [7, 11) is 0. The number of halogens is 1. The zero-order chi connectivity index (χ0) is 8.10. The van der Waals surface area contributed by atoms with Gasteiger partial charge in [-0.1, -0.05) is 11.8 Å². The Hall–Kier alpha value is -0.460. The Labute approximate surface area is 79.8 Å². The van der Waals surface area contributed by atoms with E-state index in [1.165, 1.54) is 0 Å². The van der Waals surface area contributed by atoms with E-state index in [-0.39, 0.29) is 0 Å². The van der Waals surface area contributed by atoms with Crippen LogP contribution in [-0.4, -0.2) is 10.7 Å². The zero-order valence-electron chi connectivity index (χ0n) is 5.71. The number of aromatic nitrogens is 1. The van der Waals surface area contributed by atoms with Gasteiger partial charge in [0.2, 0.25) is 0 Å². The molecule has 1 nitrogen and oxygen atoms in total. The Bertz CT molecular complexity index is 283. The van der Waals surface area contributed by atoms with Crippen molar-refractivity contribution >= 4 is 28.6 Å². The van der Waals surface area contributed by atoms with E-state index in [9.17, 15) is 0 Å². The van der Waals surface area contributed by atoms with Gasteiger partial charge >= 0.3 is 0 Å². The third-order valence-electron chi connectivity index (χ3n) is 1.04. The van der Waals surface area contributed by atoms with Crippen LogP contribution in [0.1, 0.15) is 5.56 Å². The molecule has 0 aromatic carbocycles. The van der Waals surface area contributed by atoms with Crippen molar-refractivity contribution in [1.29, 1.82) is 0 Å². The molecule has 0 amide bonds. The van der Waals surface area contributed by atoms with Crippen molar-refractivity contribution in [3.63, 3.8) is 0 Å². The standard InChI is InChI=1S/C8H6BrNS/c9-8-4-3-7(6-10-8)2-1-5-11/h3-4,6,11H,5H2. The molecule has 0 radical (unpaired) electrons. The molecule has 0 unspecified atom stereocenters. The van der Waals surface area contributed by atoms with Crippen molar-refractivity contribution < 1.29 is 0 Å². The molecule has 0 saturated heterocycles. The molecular formula is C8H6BrNS. The maximum Gasteiger partial charge on any atom is 0.106 e. The van der Waals surface area contributed by atoms with Crippen LogP contribution >= 0.6 is 28.6 Å². The highest BCUT2D eigenvalue weighted by molar-refractivity contribution is 9.10. The van der Waals surface area contributed by atoms with Crippen molar-refractivity contribution in [1.82, 2.24) is 4.98 Å². The van der Waals surface area contributed by atoms with Crippen LogP contribution in [-0.2, 0) is 0 Å². The lowest BCUT2D eigenvalue weighted by molar-refractivity contribution is 1.26. The van der Waals surface area contributed by atoms with E-state index in [0.29, 0.717) is 5.75 Å². The van der Waals surface area contributed by atoms with Crippen molar-refractivity contribution in [2.24, 2.45) is 0 Å². The second-order valence-electron chi connectivity index (χ2n) is 1.83. The first-order valence-electron chi connectivity index (χ1n) is 3.04. The normalized spacial score (nSPS) is 8.55. The molecule has 0 spiro atoms. The smallest absolute Gasteiger partial charge is 0.106 e. The van der Waals surface area contributed by atoms with Gasteiger partial charge < -0.3 is 0 Å². The zero-order valence-corrected chi connectivity index (χ0v) is 8.19. The Morgan fingerprint density at radius 3 is 2.91 bits per heavy atom. The number of pyridine rings is 1. The van der Waals surface area contributed by atoms with Crippen LogP contribution in [0.25, 0.3) is 0 Å². The summed E-state index contributed by atoms with van der Waals surface area (Å²) in [5.74, 6) is 6.33. The molecule has 1 aromatic rings. The molecule has 0 aliphatic carbocycles. The molecule has 0 fully saturated rings. The predicted octanol–water partition coefficient (Wildman–Crippen LogP) is 2.13. The van der Waals surface area contributed by atoms with E-state index in [2.05, 4.69) is 45.4 Å². The van der Waals surface area contributed by atoms with Gasteiger partial charge in [-0.05, 0) is 28.1 Å². The minimum atomic E-state index is 0.579. The average molecular weight is 228 g/mol. The molecule has 3 heteroatoms. The fraction of sp³-hybridized carbons (Fsp3) is 0.125. The molecule has 0 bridgehead atoms. The fourth-order valence-electron chi connectivity index (χ4n) is 0.591. The second kappa shape index (κ2) is 4.42. The van der Waals surface area contributed by atoms with E-state index < -0.39 is 0 Å². The summed E-state index contributed by atoms with van der Waals surface area (Å²) in [6.07, 6.45) is 1.72. The van der Waals surface area contributed by atoms with Gasteiger partial charge in [0.15, 0.2) is 0 Å². The van der Waals surface area contributed by atoms with Gasteiger partial charge in [-0.15, -0.1) is 0 Å². The average Bonchev–Trinajstić information content (AvgIpc) is 2.04. The molecule has 1 heterocycles. The Kier molecular flexibility index (Phi) is 3.47. The van der Waals surface area contributed by atoms with Crippen LogP contribution in [0, 0.1) is 11.8 Å². The first-order chi connectivity index (χ1) is 5.33. The lowest BCUT2D eigenvalue weighted by Gasteiger charge is -1.88. The van der Waals surface area contributed by atoms with Gasteiger partial charge in [0.05, 0.1) is 5.75 Å². The Morgan fingerprint density at radius 2 is 2.36 bits per heavy atom.